The first-order valence-corrected chi connectivity index (χ1v) is 9.59. The quantitative estimate of drug-likeness (QED) is 0.641. The van der Waals surface area contributed by atoms with E-state index in [0.29, 0.717) is 0 Å². The van der Waals surface area contributed by atoms with Crippen LogP contribution in [-0.4, -0.2) is 51.5 Å². The van der Waals surface area contributed by atoms with Gasteiger partial charge in [-0.25, -0.2) is 0 Å². The highest BCUT2D eigenvalue weighted by Crippen LogP contribution is 2.40. The second-order valence-corrected chi connectivity index (χ2v) is 7.83. The maximum Gasteiger partial charge on any atom is 0.0930 e. The van der Waals surface area contributed by atoms with Crippen molar-refractivity contribution < 1.29 is 4.74 Å². The van der Waals surface area contributed by atoms with E-state index in [0.717, 1.165) is 38.2 Å². The van der Waals surface area contributed by atoms with Crippen molar-refractivity contribution in [2.45, 2.75) is 63.4 Å². The van der Waals surface area contributed by atoms with E-state index in [4.69, 9.17) is 4.74 Å². The minimum atomic E-state index is 0.135. The monoisotopic (exact) mass is 309 g/mol. The minimum Gasteiger partial charge on any atom is -0.371 e. The molecule has 128 valence electrons. The largest absolute Gasteiger partial charge is 0.371 e. The highest BCUT2D eigenvalue weighted by atomic mass is 16.5. The van der Waals surface area contributed by atoms with Crippen molar-refractivity contribution in [3.63, 3.8) is 0 Å². The summed E-state index contributed by atoms with van der Waals surface area (Å²) in [6.45, 7) is 7.68. The summed E-state index contributed by atoms with van der Waals surface area (Å²) in [6, 6.07) is 0. The lowest BCUT2D eigenvalue weighted by Crippen LogP contribution is -2.57. The maximum atomic E-state index is 5.78. The molecule has 4 rings (SSSR count). The standard InChI is InChI=1S/C10H19N.C8H16N2O/c1-2-5-10(6-3-1)7-4-8-11-9-10;1-2-8(6-9-3-1)7-10-4-5-11-8/h11H,1-9H2;9-10H,1-7H2. The van der Waals surface area contributed by atoms with E-state index in [2.05, 4.69) is 16.0 Å². The van der Waals surface area contributed by atoms with Gasteiger partial charge in [0.15, 0.2) is 0 Å². The van der Waals surface area contributed by atoms with Crippen LogP contribution in [0.4, 0.5) is 0 Å². The fourth-order valence-corrected chi connectivity index (χ4v) is 4.68. The third-order valence-corrected chi connectivity index (χ3v) is 6.04. The van der Waals surface area contributed by atoms with Crippen LogP contribution in [0.25, 0.3) is 0 Å². The van der Waals surface area contributed by atoms with E-state index in [1.165, 1.54) is 70.9 Å². The summed E-state index contributed by atoms with van der Waals surface area (Å²) in [4.78, 5) is 0. The Balaban J connectivity index is 0.000000131. The number of hydrogen-bond acceptors (Lipinski definition) is 4. The third-order valence-electron chi connectivity index (χ3n) is 6.04. The Bertz CT molecular complexity index is 239. The van der Waals surface area contributed by atoms with Gasteiger partial charge in [-0.3, -0.25) is 0 Å². The van der Waals surface area contributed by atoms with Crippen LogP contribution >= 0.6 is 0 Å². The molecule has 22 heavy (non-hydrogen) atoms. The summed E-state index contributed by atoms with van der Waals surface area (Å²) in [7, 11) is 0. The van der Waals surface area contributed by atoms with Crippen molar-refractivity contribution in [2.24, 2.45) is 5.41 Å². The number of rotatable bonds is 0. The normalized spacial score (nSPS) is 34.9. The molecule has 0 bridgehead atoms. The van der Waals surface area contributed by atoms with Gasteiger partial charge >= 0.3 is 0 Å². The van der Waals surface area contributed by atoms with Crippen LogP contribution in [-0.2, 0) is 4.74 Å². The molecule has 0 aromatic rings. The van der Waals surface area contributed by atoms with Gasteiger partial charge in [0.2, 0.25) is 0 Å². The molecule has 4 heteroatoms. The van der Waals surface area contributed by atoms with E-state index in [9.17, 15) is 0 Å². The summed E-state index contributed by atoms with van der Waals surface area (Å²) in [5.74, 6) is 0. The molecule has 0 aromatic heterocycles. The molecule has 0 radical (unpaired) electrons. The molecule has 1 saturated carbocycles. The van der Waals surface area contributed by atoms with Gasteiger partial charge in [-0.05, 0) is 57.0 Å². The van der Waals surface area contributed by atoms with Crippen LogP contribution in [0.5, 0.6) is 0 Å². The molecular formula is C18H35N3O. The smallest absolute Gasteiger partial charge is 0.0930 e. The first-order chi connectivity index (χ1) is 10.8. The first-order valence-electron chi connectivity index (χ1n) is 9.59. The summed E-state index contributed by atoms with van der Waals surface area (Å²) in [5.41, 5.74) is 0.882. The van der Waals surface area contributed by atoms with E-state index >= 15 is 0 Å². The Morgan fingerprint density at radius 3 is 1.77 bits per heavy atom. The van der Waals surface area contributed by atoms with Crippen molar-refractivity contribution in [2.75, 3.05) is 45.9 Å². The zero-order valence-corrected chi connectivity index (χ0v) is 14.2. The summed E-state index contributed by atoms with van der Waals surface area (Å²) < 4.78 is 5.78. The zero-order chi connectivity index (χ0) is 15.1. The van der Waals surface area contributed by atoms with Gasteiger partial charge in [-0.2, -0.15) is 0 Å². The van der Waals surface area contributed by atoms with Gasteiger partial charge in [-0.15, -0.1) is 0 Å². The molecule has 1 unspecified atom stereocenters. The van der Waals surface area contributed by atoms with E-state index in [1.54, 1.807) is 0 Å². The molecule has 4 aliphatic rings. The van der Waals surface area contributed by atoms with Crippen molar-refractivity contribution in [3.8, 4) is 0 Å². The molecule has 3 heterocycles. The van der Waals surface area contributed by atoms with Gasteiger partial charge in [-0.1, -0.05) is 19.3 Å². The van der Waals surface area contributed by atoms with Crippen LogP contribution in [0, 0.1) is 5.41 Å². The van der Waals surface area contributed by atoms with E-state index < -0.39 is 0 Å². The lowest BCUT2D eigenvalue weighted by atomic mass is 9.70. The van der Waals surface area contributed by atoms with Gasteiger partial charge < -0.3 is 20.7 Å². The van der Waals surface area contributed by atoms with Crippen molar-refractivity contribution in [1.29, 1.82) is 0 Å². The number of morpholine rings is 1. The van der Waals surface area contributed by atoms with Gasteiger partial charge in [0.1, 0.15) is 0 Å². The van der Waals surface area contributed by atoms with Crippen molar-refractivity contribution >= 4 is 0 Å². The zero-order valence-electron chi connectivity index (χ0n) is 14.2. The fraction of sp³-hybridized carbons (Fsp3) is 1.00. The second kappa shape index (κ2) is 8.09. The van der Waals surface area contributed by atoms with E-state index in [1.807, 2.05) is 0 Å². The summed E-state index contributed by atoms with van der Waals surface area (Å²) in [5, 5.41) is 10.3. The van der Waals surface area contributed by atoms with Crippen LogP contribution in [0.3, 0.4) is 0 Å². The SMILES string of the molecule is C1CCC2(CC1)CCCNC2.C1CNCC2(C1)CNCCO2. The lowest BCUT2D eigenvalue weighted by Gasteiger charge is -2.40. The van der Waals surface area contributed by atoms with Crippen LogP contribution in [0.1, 0.15) is 57.8 Å². The molecule has 1 aliphatic carbocycles. The maximum absolute atomic E-state index is 5.78. The molecule has 4 nitrogen and oxygen atoms in total. The number of piperidine rings is 2. The highest BCUT2D eigenvalue weighted by molar-refractivity contribution is 4.91. The topological polar surface area (TPSA) is 45.3 Å². The Kier molecular flexibility index (Phi) is 6.14. The van der Waals surface area contributed by atoms with Crippen molar-refractivity contribution in [1.82, 2.24) is 16.0 Å². The third kappa shape index (κ3) is 4.44. The fourth-order valence-electron chi connectivity index (χ4n) is 4.68. The van der Waals surface area contributed by atoms with Crippen molar-refractivity contribution in [3.05, 3.63) is 0 Å². The highest BCUT2D eigenvalue weighted by Gasteiger charge is 2.34. The van der Waals surface area contributed by atoms with Crippen LogP contribution in [0.2, 0.25) is 0 Å². The molecular weight excluding hydrogens is 274 g/mol. The van der Waals surface area contributed by atoms with Gasteiger partial charge in [0.25, 0.3) is 0 Å². The van der Waals surface area contributed by atoms with Crippen LogP contribution < -0.4 is 16.0 Å². The summed E-state index contributed by atoms with van der Waals surface area (Å²) >= 11 is 0. The lowest BCUT2D eigenvalue weighted by molar-refractivity contribution is -0.0783. The van der Waals surface area contributed by atoms with E-state index in [-0.39, 0.29) is 5.60 Å². The molecule has 2 spiro atoms. The number of ether oxygens (including phenoxy) is 1. The average Bonchev–Trinajstić information content (AvgIpc) is 2.58. The molecule has 3 aliphatic heterocycles. The summed E-state index contributed by atoms with van der Waals surface area (Å²) in [6.07, 6.45) is 12.8. The average molecular weight is 309 g/mol. The first kappa shape index (κ1) is 16.7. The second-order valence-electron chi connectivity index (χ2n) is 7.83. The molecule has 1 atom stereocenters. The molecule has 0 amide bonds. The number of hydrogen-bond donors (Lipinski definition) is 3. The van der Waals surface area contributed by atoms with Gasteiger partial charge in [0.05, 0.1) is 12.2 Å². The Morgan fingerprint density at radius 1 is 0.591 bits per heavy atom. The minimum absolute atomic E-state index is 0.135. The molecule has 0 aromatic carbocycles. The predicted octanol–water partition coefficient (Wildman–Crippen LogP) is 2.05. The molecule has 3 saturated heterocycles. The molecule has 3 N–H and O–H groups in total. The Labute approximate surface area is 136 Å². The van der Waals surface area contributed by atoms with Gasteiger partial charge in [0, 0.05) is 26.2 Å². The van der Waals surface area contributed by atoms with Crippen LogP contribution in [0.15, 0.2) is 0 Å². The Morgan fingerprint density at radius 2 is 1.23 bits per heavy atom. The molecule has 4 fully saturated rings. The number of nitrogens with one attached hydrogen (secondary N) is 3. The Hall–Kier alpha value is -0.160. The predicted molar refractivity (Wildman–Crippen MR) is 91.3 cm³/mol.